The summed E-state index contributed by atoms with van der Waals surface area (Å²) in [5.41, 5.74) is 3.48. The fourth-order valence-electron chi connectivity index (χ4n) is 3.90. The topological polar surface area (TPSA) is 17.1 Å². The van der Waals surface area contributed by atoms with E-state index in [2.05, 4.69) is 49.4 Å². The molecule has 1 atom stereocenters. The summed E-state index contributed by atoms with van der Waals surface area (Å²) in [6.45, 7) is 2.19. The van der Waals surface area contributed by atoms with Crippen LogP contribution in [0.4, 0.5) is 0 Å². The van der Waals surface area contributed by atoms with Crippen LogP contribution in [0.1, 0.15) is 37.3 Å². The van der Waals surface area contributed by atoms with Crippen molar-refractivity contribution in [2.45, 2.75) is 26.2 Å². The Morgan fingerprint density at radius 2 is 1.38 bits per heavy atom. The van der Waals surface area contributed by atoms with Gasteiger partial charge < -0.3 is 4.57 Å². The molecule has 0 bridgehead atoms. The van der Waals surface area contributed by atoms with Gasteiger partial charge in [-0.1, -0.05) is 98.3 Å². The smallest absolute Gasteiger partial charge is 0.168 e. The highest BCUT2D eigenvalue weighted by molar-refractivity contribution is 7.83. The number of allylic oxidation sites excluding steroid dienone is 1. The van der Waals surface area contributed by atoms with Gasteiger partial charge in [-0.25, -0.2) is 0 Å². The van der Waals surface area contributed by atoms with Crippen molar-refractivity contribution in [1.82, 2.24) is 0 Å². The van der Waals surface area contributed by atoms with Gasteiger partial charge in [0.05, 0.1) is 0 Å². The lowest BCUT2D eigenvalue weighted by Crippen LogP contribution is -2.15. The molecule has 1 heterocycles. The van der Waals surface area contributed by atoms with Crippen molar-refractivity contribution in [2.24, 2.45) is 0 Å². The van der Waals surface area contributed by atoms with E-state index in [4.69, 9.17) is 0 Å². The molecule has 1 unspecified atom stereocenters. The van der Waals surface area contributed by atoms with Gasteiger partial charge in [-0.2, -0.15) is 0 Å². The van der Waals surface area contributed by atoms with E-state index in [-0.39, 0.29) is 0 Å². The van der Waals surface area contributed by atoms with Crippen molar-refractivity contribution in [3.63, 3.8) is 0 Å². The van der Waals surface area contributed by atoms with Gasteiger partial charge >= 0.3 is 0 Å². The molecular weight excluding hydrogens is 335 g/mol. The van der Waals surface area contributed by atoms with E-state index >= 15 is 0 Å². The fourth-order valence-corrected chi connectivity index (χ4v) is 7.24. The molecule has 0 radical (unpaired) electrons. The third-order valence-corrected chi connectivity index (χ3v) is 8.43. The van der Waals surface area contributed by atoms with Crippen LogP contribution in [-0.4, -0.2) is 0 Å². The van der Waals surface area contributed by atoms with Gasteiger partial charge in [0.2, 0.25) is 0 Å². The summed E-state index contributed by atoms with van der Waals surface area (Å²) in [7, 11) is -2.79. The molecule has 3 aromatic carbocycles. The maximum Gasteiger partial charge on any atom is 0.168 e. The molecule has 0 saturated carbocycles. The predicted octanol–water partition coefficient (Wildman–Crippen LogP) is 5.96. The van der Waals surface area contributed by atoms with Crippen LogP contribution in [0, 0.1) is 0 Å². The maximum absolute atomic E-state index is 14.6. The van der Waals surface area contributed by atoms with Crippen molar-refractivity contribution < 1.29 is 4.57 Å². The Bertz CT molecular complexity index is 987. The molecular formula is C24H23OP. The van der Waals surface area contributed by atoms with Crippen LogP contribution in [0.3, 0.4) is 0 Å². The maximum atomic E-state index is 14.6. The zero-order valence-electron chi connectivity index (χ0n) is 15.1. The number of hydrogen-bond donors (Lipinski definition) is 0. The third kappa shape index (κ3) is 2.68. The summed E-state index contributed by atoms with van der Waals surface area (Å²) < 4.78 is 14.6. The number of hydrogen-bond acceptors (Lipinski definition) is 1. The Kier molecular flexibility index (Phi) is 4.66. The van der Waals surface area contributed by atoms with Gasteiger partial charge in [0.15, 0.2) is 7.14 Å². The quantitative estimate of drug-likeness (QED) is 0.514. The zero-order chi connectivity index (χ0) is 18.0. The van der Waals surface area contributed by atoms with Crippen LogP contribution >= 0.6 is 7.14 Å². The summed E-state index contributed by atoms with van der Waals surface area (Å²) in [4.78, 5) is 0. The van der Waals surface area contributed by atoms with Crippen LogP contribution in [0.5, 0.6) is 0 Å². The highest BCUT2D eigenvalue weighted by Gasteiger charge is 2.41. The Balaban J connectivity index is 2.04. The summed E-state index contributed by atoms with van der Waals surface area (Å²) in [5.74, 6) is 0. The van der Waals surface area contributed by atoms with Crippen LogP contribution < -0.4 is 10.6 Å². The lowest BCUT2D eigenvalue weighted by atomic mass is 9.96. The van der Waals surface area contributed by atoms with Crippen molar-refractivity contribution >= 4 is 23.3 Å². The third-order valence-electron chi connectivity index (χ3n) is 5.13. The molecule has 0 aliphatic carbocycles. The first-order valence-corrected chi connectivity index (χ1v) is 11.0. The second-order valence-corrected chi connectivity index (χ2v) is 9.51. The molecule has 1 nitrogen and oxygen atoms in total. The second kappa shape index (κ2) is 7.09. The van der Waals surface area contributed by atoms with Gasteiger partial charge in [0.1, 0.15) is 0 Å². The highest BCUT2D eigenvalue weighted by Crippen LogP contribution is 2.62. The second-order valence-electron chi connectivity index (χ2n) is 6.75. The predicted molar refractivity (Wildman–Crippen MR) is 112 cm³/mol. The fraction of sp³-hybridized carbons (Fsp3) is 0.167. The lowest BCUT2D eigenvalue weighted by Gasteiger charge is -2.19. The Labute approximate surface area is 155 Å². The molecule has 3 aromatic rings. The molecule has 0 fully saturated rings. The molecule has 1 aliphatic rings. The molecule has 1 aliphatic heterocycles. The molecule has 0 spiro atoms. The summed E-state index contributed by atoms with van der Waals surface area (Å²) in [6, 6.07) is 28.7. The number of benzene rings is 3. The molecule has 0 amide bonds. The number of unbranched alkanes of at least 4 members (excludes halogenated alkanes) is 1. The minimum atomic E-state index is -2.79. The average Bonchev–Trinajstić information content (AvgIpc) is 2.97. The van der Waals surface area contributed by atoms with Crippen LogP contribution in [0.15, 0.2) is 90.2 Å². The zero-order valence-corrected chi connectivity index (χ0v) is 16.0. The van der Waals surface area contributed by atoms with E-state index in [9.17, 15) is 4.57 Å². The van der Waals surface area contributed by atoms with E-state index in [1.807, 2.05) is 42.5 Å². The summed E-state index contributed by atoms with van der Waals surface area (Å²) in [5, 5.41) is 3.07. The normalized spacial score (nSPS) is 18.8. The Hall–Kier alpha value is -2.37. The molecule has 2 heteroatoms. The Morgan fingerprint density at radius 1 is 0.769 bits per heavy atom. The van der Waals surface area contributed by atoms with Crippen LogP contribution in [0.25, 0.3) is 5.57 Å². The van der Waals surface area contributed by atoms with Crippen molar-refractivity contribution in [3.05, 3.63) is 101 Å². The van der Waals surface area contributed by atoms with Crippen LogP contribution in [-0.2, 0) is 4.57 Å². The molecule has 26 heavy (non-hydrogen) atoms. The lowest BCUT2D eigenvalue weighted by molar-refractivity contribution is 0.589. The number of rotatable bonds is 5. The minimum Gasteiger partial charge on any atom is -0.309 e. The summed E-state index contributed by atoms with van der Waals surface area (Å²) in [6.07, 6.45) is 3.02. The van der Waals surface area contributed by atoms with Gasteiger partial charge in [-0.3, -0.25) is 0 Å². The first-order valence-electron chi connectivity index (χ1n) is 9.31. The van der Waals surface area contributed by atoms with Gasteiger partial charge in [-0.15, -0.1) is 0 Å². The molecule has 4 rings (SSSR count). The molecule has 130 valence electrons. The molecule has 0 N–H and O–H groups in total. The SMILES string of the molecule is CCCCC1=C(c2ccccc2)c2ccccc2P1(=O)c1ccccc1. The minimum absolute atomic E-state index is 0.877. The first kappa shape index (κ1) is 17.1. The largest absolute Gasteiger partial charge is 0.309 e. The molecule has 0 aromatic heterocycles. The van der Waals surface area contributed by atoms with Crippen molar-refractivity contribution in [3.8, 4) is 0 Å². The molecule has 0 saturated heterocycles. The van der Waals surface area contributed by atoms with E-state index in [0.717, 1.165) is 40.7 Å². The van der Waals surface area contributed by atoms with E-state index < -0.39 is 7.14 Å². The van der Waals surface area contributed by atoms with Gasteiger partial charge in [-0.05, 0) is 29.5 Å². The van der Waals surface area contributed by atoms with Gasteiger partial charge in [0, 0.05) is 15.9 Å². The van der Waals surface area contributed by atoms with Crippen molar-refractivity contribution in [1.29, 1.82) is 0 Å². The summed E-state index contributed by atoms with van der Waals surface area (Å²) >= 11 is 0. The average molecular weight is 358 g/mol. The number of fused-ring (bicyclic) bond motifs is 1. The van der Waals surface area contributed by atoms with E-state index in [0.29, 0.717) is 0 Å². The van der Waals surface area contributed by atoms with Gasteiger partial charge in [0.25, 0.3) is 0 Å². The standard InChI is InChI=1S/C24H23OP/c1-2-3-17-23-24(19-12-6-4-7-13-19)21-16-10-11-18-22(21)26(23,25)20-14-8-5-9-15-20/h4-16,18H,2-3,17H2,1H3. The monoisotopic (exact) mass is 358 g/mol. The van der Waals surface area contributed by atoms with E-state index in [1.54, 1.807) is 0 Å². The first-order chi connectivity index (χ1) is 12.8. The van der Waals surface area contributed by atoms with E-state index in [1.165, 1.54) is 11.1 Å². The van der Waals surface area contributed by atoms with Crippen molar-refractivity contribution in [2.75, 3.05) is 0 Å². The highest BCUT2D eigenvalue weighted by atomic mass is 31.2. The van der Waals surface area contributed by atoms with Crippen LogP contribution in [0.2, 0.25) is 0 Å². The Morgan fingerprint density at radius 3 is 2.08 bits per heavy atom.